The molecule has 1 unspecified atom stereocenters. The van der Waals surface area contributed by atoms with Gasteiger partial charge in [-0.25, -0.2) is 0 Å². The normalized spacial score (nSPS) is 15.3. The van der Waals surface area contributed by atoms with Crippen LogP contribution in [0.3, 0.4) is 0 Å². The summed E-state index contributed by atoms with van der Waals surface area (Å²) in [6.45, 7) is 5.11. The van der Waals surface area contributed by atoms with Crippen molar-refractivity contribution in [3.63, 3.8) is 0 Å². The summed E-state index contributed by atoms with van der Waals surface area (Å²) in [5, 5.41) is 7.71. The van der Waals surface area contributed by atoms with Crippen molar-refractivity contribution in [3.8, 4) is 0 Å². The summed E-state index contributed by atoms with van der Waals surface area (Å²) in [6, 6.07) is -0.0379. The van der Waals surface area contributed by atoms with E-state index in [0.717, 1.165) is 0 Å². The van der Waals surface area contributed by atoms with Gasteiger partial charge in [0.1, 0.15) is 5.37 Å². The van der Waals surface area contributed by atoms with E-state index in [2.05, 4.69) is 0 Å². The van der Waals surface area contributed by atoms with Gasteiger partial charge in [-0.3, -0.25) is 9.45 Å². The second kappa shape index (κ2) is 4.90. The van der Waals surface area contributed by atoms with Crippen LogP contribution in [0.25, 0.3) is 0 Å². The lowest BCUT2D eigenvalue weighted by Gasteiger charge is -2.29. The van der Waals surface area contributed by atoms with Crippen LogP contribution in [0, 0.1) is 0 Å². The Labute approximate surface area is 79.1 Å². The summed E-state index contributed by atoms with van der Waals surface area (Å²) in [5.74, 6) is 0. The molecule has 0 aromatic heterocycles. The van der Waals surface area contributed by atoms with E-state index in [9.17, 15) is 8.42 Å². The molecule has 0 radical (unpaired) electrons. The molecule has 0 fully saturated rings. The number of nitrogens with zero attached hydrogens (tertiary/aromatic N) is 1. The summed E-state index contributed by atoms with van der Waals surface area (Å²) in [6.07, 6.45) is 0. The Morgan fingerprint density at radius 1 is 1.31 bits per heavy atom. The first-order valence-electron chi connectivity index (χ1n) is 4.13. The van der Waals surface area contributed by atoms with Crippen molar-refractivity contribution in [2.45, 2.75) is 32.2 Å². The van der Waals surface area contributed by atoms with E-state index in [1.807, 2.05) is 0 Å². The van der Waals surface area contributed by atoms with E-state index in [0.29, 0.717) is 0 Å². The van der Waals surface area contributed by atoms with Crippen LogP contribution < -0.4 is 0 Å². The number of hydrogen-bond donors (Lipinski definition) is 2. The van der Waals surface area contributed by atoms with Gasteiger partial charge in [0.05, 0.1) is 6.61 Å². The molecule has 0 saturated carbocycles. The first kappa shape index (κ1) is 12.8. The Balaban J connectivity index is 4.56. The Morgan fingerprint density at radius 2 is 1.77 bits per heavy atom. The van der Waals surface area contributed by atoms with Crippen LogP contribution in [-0.2, 0) is 10.1 Å². The lowest BCUT2D eigenvalue weighted by Crippen LogP contribution is -2.44. The molecular formula is C7H17NO4S. The number of aliphatic hydroxyl groups excluding tert-OH is 1. The molecule has 6 heteroatoms. The van der Waals surface area contributed by atoms with Crippen molar-refractivity contribution in [1.82, 2.24) is 4.90 Å². The Morgan fingerprint density at radius 3 is 2.00 bits per heavy atom. The SMILES string of the molecule is CC(C)N(CCO)C(C)S(=O)(=O)O. The monoisotopic (exact) mass is 211 g/mol. The molecule has 0 spiro atoms. The minimum atomic E-state index is -4.05. The number of rotatable bonds is 5. The second-order valence-corrected chi connectivity index (χ2v) is 4.88. The predicted molar refractivity (Wildman–Crippen MR) is 49.9 cm³/mol. The Kier molecular flexibility index (Phi) is 4.83. The molecule has 0 bridgehead atoms. The molecule has 0 aliphatic carbocycles. The van der Waals surface area contributed by atoms with Gasteiger partial charge < -0.3 is 5.11 Å². The van der Waals surface area contributed by atoms with E-state index >= 15 is 0 Å². The third-order valence-electron chi connectivity index (χ3n) is 1.92. The summed E-state index contributed by atoms with van der Waals surface area (Å²) in [5.41, 5.74) is 0. The van der Waals surface area contributed by atoms with E-state index < -0.39 is 15.5 Å². The molecule has 5 nitrogen and oxygen atoms in total. The fourth-order valence-electron chi connectivity index (χ4n) is 1.15. The van der Waals surface area contributed by atoms with Crippen molar-refractivity contribution in [2.75, 3.05) is 13.2 Å². The molecule has 0 rings (SSSR count). The zero-order valence-electron chi connectivity index (χ0n) is 8.14. The van der Waals surface area contributed by atoms with Gasteiger partial charge in [-0.2, -0.15) is 8.42 Å². The van der Waals surface area contributed by atoms with Gasteiger partial charge in [-0.05, 0) is 20.8 Å². The quantitative estimate of drug-likeness (QED) is 0.622. The highest BCUT2D eigenvalue weighted by atomic mass is 32.2. The first-order chi connectivity index (χ1) is 5.80. The Hall–Kier alpha value is -0.170. The van der Waals surface area contributed by atoms with Gasteiger partial charge in [0.2, 0.25) is 0 Å². The largest absolute Gasteiger partial charge is 0.395 e. The Bertz CT molecular complexity index is 237. The van der Waals surface area contributed by atoms with E-state index in [1.165, 1.54) is 11.8 Å². The summed E-state index contributed by atoms with van der Waals surface area (Å²) >= 11 is 0. The van der Waals surface area contributed by atoms with Crippen molar-refractivity contribution in [3.05, 3.63) is 0 Å². The highest BCUT2D eigenvalue weighted by Gasteiger charge is 2.26. The third-order valence-corrected chi connectivity index (χ3v) is 3.05. The van der Waals surface area contributed by atoms with Gasteiger partial charge in [0.15, 0.2) is 0 Å². The lowest BCUT2D eigenvalue weighted by atomic mass is 10.3. The smallest absolute Gasteiger partial charge is 0.280 e. The molecule has 0 aliphatic heterocycles. The molecule has 0 heterocycles. The molecule has 0 aromatic carbocycles. The van der Waals surface area contributed by atoms with Crippen LogP contribution in [-0.4, -0.2) is 47.5 Å². The fraction of sp³-hybridized carbons (Fsp3) is 1.00. The summed E-state index contributed by atoms with van der Waals surface area (Å²) in [7, 11) is -4.05. The molecule has 1 atom stereocenters. The van der Waals surface area contributed by atoms with Crippen molar-refractivity contribution in [1.29, 1.82) is 0 Å². The maximum atomic E-state index is 10.8. The molecule has 0 aromatic rings. The highest BCUT2D eigenvalue weighted by molar-refractivity contribution is 7.86. The summed E-state index contributed by atoms with van der Waals surface area (Å²) < 4.78 is 30.3. The number of aliphatic hydroxyl groups is 1. The first-order valence-corrected chi connectivity index (χ1v) is 5.64. The van der Waals surface area contributed by atoms with Gasteiger partial charge in [-0.1, -0.05) is 0 Å². The van der Waals surface area contributed by atoms with Crippen LogP contribution in [0.2, 0.25) is 0 Å². The minimum Gasteiger partial charge on any atom is -0.395 e. The maximum absolute atomic E-state index is 10.8. The van der Waals surface area contributed by atoms with E-state index in [-0.39, 0.29) is 19.2 Å². The average Bonchev–Trinajstić information content (AvgIpc) is 1.96. The van der Waals surface area contributed by atoms with Crippen LogP contribution in [0.5, 0.6) is 0 Å². The topological polar surface area (TPSA) is 77.8 Å². The average molecular weight is 211 g/mol. The molecule has 2 N–H and O–H groups in total. The highest BCUT2D eigenvalue weighted by Crippen LogP contribution is 2.09. The molecular weight excluding hydrogens is 194 g/mol. The van der Waals surface area contributed by atoms with Gasteiger partial charge in [0, 0.05) is 12.6 Å². The van der Waals surface area contributed by atoms with E-state index in [1.54, 1.807) is 13.8 Å². The number of hydrogen-bond acceptors (Lipinski definition) is 4. The van der Waals surface area contributed by atoms with Crippen molar-refractivity contribution >= 4 is 10.1 Å². The fourth-order valence-corrected chi connectivity index (χ4v) is 1.84. The third kappa shape index (κ3) is 4.04. The lowest BCUT2D eigenvalue weighted by molar-refractivity contribution is 0.152. The van der Waals surface area contributed by atoms with Crippen LogP contribution >= 0.6 is 0 Å². The summed E-state index contributed by atoms with van der Waals surface area (Å²) in [4.78, 5) is 1.51. The van der Waals surface area contributed by atoms with Gasteiger partial charge >= 0.3 is 0 Å². The second-order valence-electron chi connectivity index (χ2n) is 3.17. The standard InChI is InChI=1S/C7H17NO4S/c1-6(2)8(4-5-9)7(3)13(10,11)12/h6-7,9H,4-5H2,1-3H3,(H,10,11,12). The van der Waals surface area contributed by atoms with Crippen LogP contribution in [0.15, 0.2) is 0 Å². The zero-order chi connectivity index (χ0) is 10.6. The minimum absolute atomic E-state index is 0.0379. The molecule has 0 saturated heterocycles. The molecule has 0 aliphatic rings. The molecule has 80 valence electrons. The van der Waals surface area contributed by atoms with Gasteiger partial charge in [0.25, 0.3) is 10.1 Å². The predicted octanol–water partition coefficient (Wildman–Crippen LogP) is -0.0771. The molecule has 0 amide bonds. The van der Waals surface area contributed by atoms with Crippen molar-refractivity contribution < 1.29 is 18.1 Å². The van der Waals surface area contributed by atoms with E-state index in [4.69, 9.17) is 9.66 Å². The van der Waals surface area contributed by atoms with Crippen LogP contribution in [0.1, 0.15) is 20.8 Å². The van der Waals surface area contributed by atoms with Crippen molar-refractivity contribution in [2.24, 2.45) is 0 Å². The maximum Gasteiger partial charge on any atom is 0.280 e. The zero-order valence-corrected chi connectivity index (χ0v) is 8.95. The molecule has 13 heavy (non-hydrogen) atoms. The van der Waals surface area contributed by atoms with Gasteiger partial charge in [-0.15, -0.1) is 0 Å². The van der Waals surface area contributed by atoms with Crippen LogP contribution in [0.4, 0.5) is 0 Å².